The Labute approximate surface area is 146 Å². The fourth-order valence-corrected chi connectivity index (χ4v) is 3.93. The first kappa shape index (κ1) is 17.3. The Bertz CT molecular complexity index is 861. The summed E-state index contributed by atoms with van der Waals surface area (Å²) >= 11 is 0. The number of carbonyl (C=O) groups is 1. The molecule has 1 atom stereocenters. The van der Waals surface area contributed by atoms with Crippen LogP contribution >= 0.6 is 0 Å². The third kappa shape index (κ3) is 3.48. The van der Waals surface area contributed by atoms with E-state index in [1.54, 1.807) is 29.4 Å². The molecule has 1 aromatic heterocycles. The minimum atomic E-state index is -3.52. The lowest BCUT2D eigenvalue weighted by atomic mass is 10.2. The summed E-state index contributed by atoms with van der Waals surface area (Å²) in [6, 6.07) is 7.71. The second-order valence-corrected chi connectivity index (χ2v) is 7.89. The van der Waals surface area contributed by atoms with Gasteiger partial charge in [0, 0.05) is 12.8 Å². The van der Waals surface area contributed by atoms with Crippen molar-refractivity contribution < 1.29 is 22.4 Å². The summed E-state index contributed by atoms with van der Waals surface area (Å²) in [5.74, 6) is 1.01. The van der Waals surface area contributed by atoms with Crippen molar-refractivity contribution in [2.75, 3.05) is 25.2 Å². The lowest BCUT2D eigenvalue weighted by molar-refractivity contribution is 0.199. The van der Waals surface area contributed by atoms with Gasteiger partial charge in [0.25, 0.3) is 0 Å². The molecule has 1 saturated heterocycles. The van der Waals surface area contributed by atoms with E-state index in [1.165, 1.54) is 13.2 Å². The standard InChI is InChI=1S/C17H20N2O5S/c1-23-14-7-3-9-15(25(2,21)22)16(14)18-17(20)19-10-4-6-12(19)13-8-5-11-24-13/h3,5,7-9,11-12H,4,6,10H2,1-2H3,(H,18,20)/t12-/m1/s1. The van der Waals surface area contributed by atoms with Gasteiger partial charge in [-0.15, -0.1) is 0 Å². The number of sulfone groups is 1. The highest BCUT2D eigenvalue weighted by atomic mass is 32.2. The molecule has 1 fully saturated rings. The van der Waals surface area contributed by atoms with Crippen molar-refractivity contribution in [1.29, 1.82) is 0 Å². The third-order valence-corrected chi connectivity index (χ3v) is 5.36. The molecule has 2 aromatic rings. The van der Waals surface area contributed by atoms with E-state index in [4.69, 9.17) is 9.15 Å². The number of urea groups is 1. The van der Waals surface area contributed by atoms with Crippen molar-refractivity contribution in [2.24, 2.45) is 0 Å². The number of nitrogens with one attached hydrogen (secondary N) is 1. The van der Waals surface area contributed by atoms with Crippen molar-refractivity contribution >= 4 is 21.6 Å². The Kier molecular flexibility index (Phi) is 4.71. The molecule has 1 aromatic carbocycles. The molecule has 0 bridgehead atoms. The predicted molar refractivity (Wildman–Crippen MR) is 92.5 cm³/mol. The Balaban J connectivity index is 1.91. The molecule has 2 heterocycles. The molecular formula is C17H20N2O5S. The Hall–Kier alpha value is -2.48. The number of hydrogen-bond acceptors (Lipinski definition) is 5. The summed E-state index contributed by atoms with van der Waals surface area (Å²) in [5.41, 5.74) is 0.155. The van der Waals surface area contributed by atoms with E-state index in [9.17, 15) is 13.2 Å². The number of rotatable bonds is 4. The molecule has 7 nitrogen and oxygen atoms in total. The normalized spacial score (nSPS) is 17.5. The molecule has 1 N–H and O–H groups in total. The Morgan fingerprint density at radius 2 is 2.12 bits per heavy atom. The van der Waals surface area contributed by atoms with Crippen LogP contribution < -0.4 is 10.1 Å². The van der Waals surface area contributed by atoms with Crippen LogP contribution in [0.1, 0.15) is 24.6 Å². The first-order chi connectivity index (χ1) is 11.9. The van der Waals surface area contributed by atoms with E-state index in [0.29, 0.717) is 12.3 Å². The zero-order valence-electron chi connectivity index (χ0n) is 14.1. The van der Waals surface area contributed by atoms with E-state index in [1.807, 2.05) is 6.07 Å². The first-order valence-electron chi connectivity index (χ1n) is 7.90. The zero-order chi connectivity index (χ0) is 18.0. The quantitative estimate of drug-likeness (QED) is 0.901. The molecule has 0 spiro atoms. The number of nitrogens with zero attached hydrogens (tertiary/aromatic N) is 1. The van der Waals surface area contributed by atoms with E-state index >= 15 is 0 Å². The number of para-hydroxylation sites is 1. The summed E-state index contributed by atoms with van der Waals surface area (Å²) < 4.78 is 34.7. The first-order valence-corrected chi connectivity index (χ1v) is 9.79. The van der Waals surface area contributed by atoms with Crippen LogP contribution in [0.3, 0.4) is 0 Å². The summed E-state index contributed by atoms with van der Waals surface area (Å²) in [6.07, 6.45) is 4.32. The topological polar surface area (TPSA) is 88.8 Å². The van der Waals surface area contributed by atoms with Crippen LogP contribution in [-0.4, -0.2) is 39.3 Å². The smallest absolute Gasteiger partial charge is 0.322 e. The SMILES string of the molecule is COc1cccc(S(C)(=O)=O)c1NC(=O)N1CCC[C@@H]1c1ccco1. The van der Waals surface area contributed by atoms with Gasteiger partial charge < -0.3 is 19.4 Å². The zero-order valence-corrected chi connectivity index (χ0v) is 14.9. The summed E-state index contributed by atoms with van der Waals surface area (Å²) in [4.78, 5) is 14.5. The van der Waals surface area contributed by atoms with Crippen molar-refractivity contribution in [2.45, 2.75) is 23.8 Å². The maximum absolute atomic E-state index is 12.8. The number of methoxy groups -OCH3 is 1. The highest BCUT2D eigenvalue weighted by molar-refractivity contribution is 7.90. The molecule has 0 unspecified atom stereocenters. The average Bonchev–Trinajstić information content (AvgIpc) is 3.24. The van der Waals surface area contributed by atoms with Gasteiger partial charge in [0.2, 0.25) is 0 Å². The minimum Gasteiger partial charge on any atom is -0.495 e. The largest absolute Gasteiger partial charge is 0.495 e. The number of carbonyl (C=O) groups excluding carboxylic acids is 1. The summed E-state index contributed by atoms with van der Waals surface area (Å²) in [5, 5.41) is 2.71. The van der Waals surface area contributed by atoms with Gasteiger partial charge in [-0.25, -0.2) is 13.2 Å². The average molecular weight is 364 g/mol. The molecule has 1 aliphatic rings. The number of hydrogen-bond donors (Lipinski definition) is 1. The molecule has 25 heavy (non-hydrogen) atoms. The van der Waals surface area contributed by atoms with Crippen LogP contribution in [0.15, 0.2) is 45.9 Å². The third-order valence-electron chi connectivity index (χ3n) is 4.22. The van der Waals surface area contributed by atoms with Crippen molar-refractivity contribution in [1.82, 2.24) is 4.90 Å². The summed E-state index contributed by atoms with van der Waals surface area (Å²) in [6.45, 7) is 0.570. The minimum absolute atomic E-state index is 0.0222. The Morgan fingerprint density at radius 1 is 1.32 bits per heavy atom. The van der Waals surface area contributed by atoms with Gasteiger partial charge in [-0.3, -0.25) is 0 Å². The van der Waals surface area contributed by atoms with Gasteiger partial charge in [-0.2, -0.15) is 0 Å². The number of anilines is 1. The second-order valence-electron chi connectivity index (χ2n) is 5.90. The molecule has 8 heteroatoms. The maximum Gasteiger partial charge on any atom is 0.322 e. The van der Waals surface area contributed by atoms with Crippen LogP contribution in [0.4, 0.5) is 10.5 Å². The van der Waals surface area contributed by atoms with Gasteiger partial charge >= 0.3 is 6.03 Å². The number of furan rings is 1. The lowest BCUT2D eigenvalue weighted by Gasteiger charge is -2.24. The van der Waals surface area contributed by atoms with E-state index in [2.05, 4.69) is 5.32 Å². The van der Waals surface area contributed by atoms with Crippen LogP contribution in [0, 0.1) is 0 Å². The highest BCUT2D eigenvalue weighted by Gasteiger charge is 2.33. The van der Waals surface area contributed by atoms with Crippen LogP contribution in [0.25, 0.3) is 0 Å². The van der Waals surface area contributed by atoms with Crippen molar-refractivity contribution in [3.63, 3.8) is 0 Å². The monoisotopic (exact) mass is 364 g/mol. The number of benzene rings is 1. The molecule has 0 saturated carbocycles. The van der Waals surface area contributed by atoms with Crippen LogP contribution in [0.2, 0.25) is 0 Å². The molecule has 1 aliphatic heterocycles. The number of amides is 2. The van der Waals surface area contributed by atoms with Gasteiger partial charge in [-0.1, -0.05) is 6.07 Å². The predicted octanol–water partition coefficient (Wildman–Crippen LogP) is 3.06. The van der Waals surface area contributed by atoms with Gasteiger partial charge in [-0.05, 0) is 37.1 Å². The Morgan fingerprint density at radius 3 is 2.76 bits per heavy atom. The van der Waals surface area contributed by atoms with Gasteiger partial charge in [0.1, 0.15) is 17.2 Å². The molecule has 134 valence electrons. The molecular weight excluding hydrogens is 344 g/mol. The van der Waals surface area contributed by atoms with Crippen LogP contribution in [0.5, 0.6) is 5.75 Å². The van der Waals surface area contributed by atoms with E-state index in [0.717, 1.165) is 24.9 Å². The van der Waals surface area contributed by atoms with Crippen molar-refractivity contribution in [3.8, 4) is 5.75 Å². The van der Waals surface area contributed by atoms with Crippen molar-refractivity contribution in [3.05, 3.63) is 42.4 Å². The lowest BCUT2D eigenvalue weighted by Crippen LogP contribution is -2.34. The fraction of sp³-hybridized carbons (Fsp3) is 0.353. The summed E-state index contributed by atoms with van der Waals surface area (Å²) in [7, 11) is -2.09. The van der Waals surface area contributed by atoms with E-state index in [-0.39, 0.29) is 22.7 Å². The highest BCUT2D eigenvalue weighted by Crippen LogP contribution is 2.35. The van der Waals surface area contributed by atoms with Crippen LogP contribution in [-0.2, 0) is 9.84 Å². The van der Waals surface area contributed by atoms with E-state index < -0.39 is 9.84 Å². The molecule has 0 radical (unpaired) electrons. The van der Waals surface area contributed by atoms with Gasteiger partial charge in [0.05, 0.1) is 24.3 Å². The maximum atomic E-state index is 12.8. The number of likely N-dealkylation sites (tertiary alicyclic amines) is 1. The molecule has 2 amide bonds. The molecule has 0 aliphatic carbocycles. The van der Waals surface area contributed by atoms with Gasteiger partial charge in [0.15, 0.2) is 9.84 Å². The molecule has 3 rings (SSSR count). The fourth-order valence-electron chi connectivity index (χ4n) is 3.08. The number of ether oxygens (including phenoxy) is 1. The second kappa shape index (κ2) is 6.79.